The zero-order valence-electron chi connectivity index (χ0n) is 14.3. The van der Waals surface area contributed by atoms with E-state index in [2.05, 4.69) is 39.6 Å². The highest BCUT2D eigenvalue weighted by Gasteiger charge is 2.12. The molecule has 0 saturated heterocycles. The molecule has 2 aromatic carbocycles. The Labute approximate surface area is 160 Å². The van der Waals surface area contributed by atoms with E-state index in [9.17, 15) is 0 Å². The van der Waals surface area contributed by atoms with Crippen LogP contribution in [0.5, 0.6) is 5.75 Å². The third-order valence-electron chi connectivity index (χ3n) is 3.88. The standard InChI is InChI=1S/C19H18N4OS2/c1-14-7-5-6-10-16(14)24-11-18-22-23-17(20-21-19(23)26-18)13-25-12-15-8-3-2-4-9-15/h2-10H,11-13H2,1H3. The van der Waals surface area contributed by atoms with Crippen molar-refractivity contribution in [2.45, 2.75) is 25.0 Å². The van der Waals surface area contributed by atoms with Gasteiger partial charge in [0, 0.05) is 5.75 Å². The number of hydrogen-bond donors (Lipinski definition) is 0. The summed E-state index contributed by atoms with van der Waals surface area (Å²) in [5.74, 6) is 3.48. The summed E-state index contributed by atoms with van der Waals surface area (Å²) in [5, 5.41) is 14.0. The lowest BCUT2D eigenvalue weighted by atomic mass is 10.2. The summed E-state index contributed by atoms with van der Waals surface area (Å²) in [7, 11) is 0. The molecule has 4 rings (SSSR count). The van der Waals surface area contributed by atoms with Gasteiger partial charge in [0.15, 0.2) is 10.8 Å². The molecule has 0 aliphatic heterocycles. The molecule has 0 saturated carbocycles. The topological polar surface area (TPSA) is 52.3 Å². The molecule has 0 spiro atoms. The van der Waals surface area contributed by atoms with Gasteiger partial charge in [0.1, 0.15) is 12.4 Å². The van der Waals surface area contributed by atoms with Gasteiger partial charge in [0.2, 0.25) is 4.96 Å². The van der Waals surface area contributed by atoms with E-state index in [0.717, 1.165) is 38.6 Å². The summed E-state index contributed by atoms with van der Waals surface area (Å²) in [4.78, 5) is 0.809. The Balaban J connectivity index is 1.39. The number of aromatic nitrogens is 4. The Morgan fingerprint density at radius 3 is 2.65 bits per heavy atom. The predicted octanol–water partition coefficient (Wildman–Crippen LogP) is 4.51. The summed E-state index contributed by atoms with van der Waals surface area (Å²) in [6.07, 6.45) is 0. The SMILES string of the molecule is Cc1ccccc1OCc1nn2c(CSCc3ccccc3)nnc2s1. The van der Waals surface area contributed by atoms with E-state index in [1.807, 2.05) is 53.5 Å². The number of aryl methyl sites for hydroxylation is 1. The molecule has 7 heteroatoms. The van der Waals surface area contributed by atoms with Crippen LogP contribution in [0.2, 0.25) is 0 Å². The van der Waals surface area contributed by atoms with Crippen LogP contribution < -0.4 is 4.74 Å². The largest absolute Gasteiger partial charge is 0.486 e. The third-order valence-corrected chi connectivity index (χ3v) is 5.76. The fourth-order valence-corrected chi connectivity index (χ4v) is 4.20. The minimum absolute atomic E-state index is 0.440. The van der Waals surface area contributed by atoms with Crippen molar-refractivity contribution in [1.29, 1.82) is 0 Å². The highest BCUT2D eigenvalue weighted by Crippen LogP contribution is 2.22. The van der Waals surface area contributed by atoms with Crippen LogP contribution in [0.4, 0.5) is 0 Å². The van der Waals surface area contributed by atoms with E-state index in [-0.39, 0.29) is 0 Å². The van der Waals surface area contributed by atoms with Crippen molar-refractivity contribution in [3.63, 3.8) is 0 Å². The van der Waals surface area contributed by atoms with E-state index < -0.39 is 0 Å². The second-order valence-electron chi connectivity index (χ2n) is 5.84. The second-order valence-corrected chi connectivity index (χ2v) is 7.87. The van der Waals surface area contributed by atoms with Crippen LogP contribution in [-0.4, -0.2) is 19.8 Å². The number of benzene rings is 2. The van der Waals surface area contributed by atoms with Gasteiger partial charge in [-0.25, -0.2) is 0 Å². The van der Waals surface area contributed by atoms with Crippen LogP contribution in [0.25, 0.3) is 4.96 Å². The minimum Gasteiger partial charge on any atom is -0.486 e. The van der Waals surface area contributed by atoms with Gasteiger partial charge in [-0.15, -0.1) is 22.0 Å². The number of rotatable bonds is 7. The molecular formula is C19H18N4OS2. The maximum Gasteiger partial charge on any atom is 0.234 e. The molecule has 2 aromatic heterocycles. The first kappa shape index (κ1) is 17.1. The van der Waals surface area contributed by atoms with Crippen molar-refractivity contribution in [2.24, 2.45) is 0 Å². The van der Waals surface area contributed by atoms with Crippen molar-refractivity contribution in [3.05, 3.63) is 76.6 Å². The third kappa shape index (κ3) is 3.89. The highest BCUT2D eigenvalue weighted by molar-refractivity contribution is 7.97. The van der Waals surface area contributed by atoms with Crippen LogP contribution in [0.1, 0.15) is 22.0 Å². The molecule has 132 valence electrons. The number of fused-ring (bicyclic) bond motifs is 1. The Morgan fingerprint density at radius 2 is 1.81 bits per heavy atom. The van der Waals surface area contributed by atoms with Gasteiger partial charge < -0.3 is 4.74 Å². The van der Waals surface area contributed by atoms with E-state index >= 15 is 0 Å². The van der Waals surface area contributed by atoms with Crippen molar-refractivity contribution in [3.8, 4) is 5.75 Å². The summed E-state index contributed by atoms with van der Waals surface area (Å²) < 4.78 is 7.71. The van der Waals surface area contributed by atoms with Crippen LogP contribution in [-0.2, 0) is 18.1 Å². The maximum absolute atomic E-state index is 5.88. The fourth-order valence-electron chi connectivity index (χ4n) is 2.54. The van der Waals surface area contributed by atoms with Gasteiger partial charge in [-0.05, 0) is 24.1 Å². The lowest BCUT2D eigenvalue weighted by Gasteiger charge is -2.06. The van der Waals surface area contributed by atoms with Gasteiger partial charge >= 0.3 is 0 Å². The molecule has 0 N–H and O–H groups in total. The Hall–Kier alpha value is -2.38. The Bertz CT molecular complexity index is 997. The normalized spacial score (nSPS) is 11.1. The van der Waals surface area contributed by atoms with Gasteiger partial charge in [0.05, 0.1) is 5.75 Å². The molecule has 5 nitrogen and oxygen atoms in total. The van der Waals surface area contributed by atoms with E-state index in [1.165, 1.54) is 16.9 Å². The molecule has 0 aliphatic carbocycles. The molecule has 0 amide bonds. The van der Waals surface area contributed by atoms with E-state index in [0.29, 0.717) is 6.61 Å². The lowest BCUT2D eigenvalue weighted by molar-refractivity contribution is 0.302. The molecule has 4 aromatic rings. The summed E-state index contributed by atoms with van der Waals surface area (Å²) >= 11 is 3.33. The van der Waals surface area contributed by atoms with Gasteiger partial charge in [0.25, 0.3) is 0 Å². The molecule has 0 aliphatic rings. The van der Waals surface area contributed by atoms with Crippen LogP contribution in [0.15, 0.2) is 54.6 Å². The number of ether oxygens (including phenoxy) is 1. The lowest BCUT2D eigenvalue weighted by Crippen LogP contribution is -1.99. The summed E-state index contributed by atoms with van der Waals surface area (Å²) in [6.45, 7) is 2.48. The van der Waals surface area contributed by atoms with Crippen molar-refractivity contribution in [1.82, 2.24) is 19.8 Å². The molecule has 2 heterocycles. The van der Waals surface area contributed by atoms with Crippen molar-refractivity contribution >= 4 is 28.1 Å². The average molecular weight is 383 g/mol. The van der Waals surface area contributed by atoms with Crippen LogP contribution >= 0.6 is 23.1 Å². The van der Waals surface area contributed by atoms with Crippen molar-refractivity contribution < 1.29 is 4.74 Å². The van der Waals surface area contributed by atoms with Gasteiger partial charge in [-0.3, -0.25) is 0 Å². The number of para-hydroxylation sites is 1. The van der Waals surface area contributed by atoms with Gasteiger partial charge in [-0.2, -0.15) is 9.61 Å². The van der Waals surface area contributed by atoms with E-state index in [1.54, 1.807) is 0 Å². The Kier molecular flexibility index (Phi) is 5.17. The van der Waals surface area contributed by atoms with E-state index in [4.69, 9.17) is 4.74 Å². The average Bonchev–Trinajstić information content (AvgIpc) is 3.23. The first-order valence-electron chi connectivity index (χ1n) is 8.30. The monoisotopic (exact) mass is 382 g/mol. The molecule has 0 radical (unpaired) electrons. The first-order chi connectivity index (χ1) is 12.8. The smallest absolute Gasteiger partial charge is 0.234 e. The highest BCUT2D eigenvalue weighted by atomic mass is 32.2. The predicted molar refractivity (Wildman–Crippen MR) is 106 cm³/mol. The molecular weight excluding hydrogens is 364 g/mol. The van der Waals surface area contributed by atoms with Gasteiger partial charge in [-0.1, -0.05) is 59.9 Å². The first-order valence-corrected chi connectivity index (χ1v) is 10.3. The zero-order chi connectivity index (χ0) is 17.8. The number of nitrogens with zero attached hydrogens (tertiary/aromatic N) is 4. The van der Waals surface area contributed by atoms with Crippen LogP contribution in [0.3, 0.4) is 0 Å². The second kappa shape index (κ2) is 7.88. The molecule has 0 bridgehead atoms. The fraction of sp³-hybridized carbons (Fsp3) is 0.211. The number of hydrogen-bond acceptors (Lipinski definition) is 6. The van der Waals surface area contributed by atoms with Crippen molar-refractivity contribution in [2.75, 3.05) is 0 Å². The summed E-state index contributed by atoms with van der Waals surface area (Å²) in [6, 6.07) is 18.4. The molecule has 26 heavy (non-hydrogen) atoms. The zero-order valence-corrected chi connectivity index (χ0v) is 16.0. The molecule has 0 atom stereocenters. The van der Waals surface area contributed by atoms with Crippen LogP contribution in [0, 0.1) is 6.92 Å². The minimum atomic E-state index is 0.440. The molecule has 0 fully saturated rings. The maximum atomic E-state index is 5.88. The Morgan fingerprint density at radius 1 is 1.00 bits per heavy atom. The molecule has 0 unspecified atom stereocenters. The quantitative estimate of drug-likeness (QED) is 0.471. The number of thioether (sulfide) groups is 1. The summed E-state index contributed by atoms with van der Waals surface area (Å²) in [5.41, 5.74) is 2.43.